The summed E-state index contributed by atoms with van der Waals surface area (Å²) in [4.78, 5) is 0.0887. The van der Waals surface area contributed by atoms with E-state index in [0.29, 0.717) is 10.2 Å². The Morgan fingerprint density at radius 2 is 1.75 bits per heavy atom. The molecule has 0 saturated carbocycles. The minimum absolute atomic E-state index is 0.0887. The zero-order valence-corrected chi connectivity index (χ0v) is 16.2. The lowest BCUT2D eigenvalue weighted by Crippen LogP contribution is -2.28. The number of benzene rings is 2. The molecule has 2 aromatic carbocycles. The fourth-order valence-electron chi connectivity index (χ4n) is 2.30. The SMILES string of the molecule is COc1ccc(Br)cc1S(=O)(=O)NCCOc1cc(C)cc(C)c1. The van der Waals surface area contributed by atoms with Crippen LogP contribution in [0, 0.1) is 13.8 Å². The monoisotopic (exact) mass is 413 g/mol. The van der Waals surface area contributed by atoms with Crippen molar-refractivity contribution in [3.05, 3.63) is 52.0 Å². The van der Waals surface area contributed by atoms with Gasteiger partial charge in [-0.2, -0.15) is 0 Å². The first-order chi connectivity index (χ1) is 11.3. The molecule has 5 nitrogen and oxygen atoms in total. The first-order valence-electron chi connectivity index (χ1n) is 7.36. The third kappa shape index (κ3) is 4.96. The topological polar surface area (TPSA) is 64.6 Å². The van der Waals surface area contributed by atoms with Crippen molar-refractivity contribution in [2.45, 2.75) is 18.7 Å². The standard InChI is InChI=1S/C17H20BrNO4S/c1-12-8-13(2)10-15(9-12)23-7-6-19-24(20,21)17-11-14(18)4-5-16(17)22-3/h4-5,8-11,19H,6-7H2,1-3H3. The lowest BCUT2D eigenvalue weighted by molar-refractivity contribution is 0.322. The normalized spacial score (nSPS) is 11.3. The Balaban J connectivity index is 1.99. The van der Waals surface area contributed by atoms with Crippen molar-refractivity contribution >= 4 is 26.0 Å². The minimum atomic E-state index is -3.68. The average molecular weight is 414 g/mol. The molecule has 0 aliphatic rings. The van der Waals surface area contributed by atoms with E-state index in [4.69, 9.17) is 9.47 Å². The molecule has 0 aliphatic carbocycles. The zero-order chi connectivity index (χ0) is 17.7. The van der Waals surface area contributed by atoms with E-state index in [1.807, 2.05) is 26.0 Å². The summed E-state index contributed by atoms with van der Waals surface area (Å²) in [5, 5.41) is 0. The predicted molar refractivity (Wildman–Crippen MR) is 97.3 cm³/mol. The quantitative estimate of drug-likeness (QED) is 0.706. The Labute approximate surface area is 151 Å². The number of hydrogen-bond acceptors (Lipinski definition) is 4. The summed E-state index contributed by atoms with van der Waals surface area (Å²) in [6.45, 7) is 4.37. The molecular formula is C17H20BrNO4S. The molecule has 0 aliphatic heterocycles. The second kappa shape index (κ2) is 8.00. The second-order valence-corrected chi connectivity index (χ2v) is 8.02. The maximum absolute atomic E-state index is 12.4. The minimum Gasteiger partial charge on any atom is -0.495 e. The van der Waals surface area contributed by atoms with E-state index >= 15 is 0 Å². The van der Waals surface area contributed by atoms with Gasteiger partial charge in [-0.1, -0.05) is 22.0 Å². The molecule has 0 amide bonds. The molecule has 7 heteroatoms. The van der Waals surface area contributed by atoms with Crippen LogP contribution in [0.15, 0.2) is 45.8 Å². The molecule has 0 bridgehead atoms. The number of methoxy groups -OCH3 is 1. The molecular weight excluding hydrogens is 394 g/mol. The lowest BCUT2D eigenvalue weighted by atomic mass is 10.1. The molecule has 0 unspecified atom stereocenters. The molecule has 0 aromatic heterocycles. The fraction of sp³-hybridized carbons (Fsp3) is 0.294. The highest BCUT2D eigenvalue weighted by Crippen LogP contribution is 2.27. The van der Waals surface area contributed by atoms with Gasteiger partial charge in [-0.3, -0.25) is 0 Å². The number of aryl methyl sites for hydroxylation is 2. The Morgan fingerprint density at radius 1 is 1.08 bits per heavy atom. The molecule has 0 saturated heterocycles. The van der Waals surface area contributed by atoms with E-state index in [-0.39, 0.29) is 18.0 Å². The predicted octanol–water partition coefficient (Wildman–Crippen LogP) is 3.43. The molecule has 2 aromatic rings. The summed E-state index contributed by atoms with van der Waals surface area (Å²) in [7, 11) is -2.25. The number of hydrogen-bond donors (Lipinski definition) is 1. The van der Waals surface area contributed by atoms with Crippen molar-refractivity contribution in [2.24, 2.45) is 0 Å². The van der Waals surface area contributed by atoms with E-state index in [1.165, 1.54) is 13.2 Å². The van der Waals surface area contributed by atoms with Gasteiger partial charge in [-0.25, -0.2) is 13.1 Å². The lowest BCUT2D eigenvalue weighted by Gasteiger charge is -2.12. The van der Waals surface area contributed by atoms with Crippen LogP contribution in [0.4, 0.5) is 0 Å². The maximum Gasteiger partial charge on any atom is 0.244 e. The summed E-state index contributed by atoms with van der Waals surface area (Å²) in [5.41, 5.74) is 2.20. The van der Waals surface area contributed by atoms with Crippen LogP contribution in [0.5, 0.6) is 11.5 Å². The van der Waals surface area contributed by atoms with E-state index in [2.05, 4.69) is 26.7 Å². The molecule has 0 spiro atoms. The van der Waals surface area contributed by atoms with Gasteiger partial charge in [0.05, 0.1) is 7.11 Å². The third-order valence-corrected chi connectivity index (χ3v) is 5.25. The van der Waals surface area contributed by atoms with Gasteiger partial charge in [-0.05, 0) is 55.3 Å². The summed E-state index contributed by atoms with van der Waals surface area (Å²) in [5.74, 6) is 1.02. The van der Waals surface area contributed by atoms with E-state index < -0.39 is 10.0 Å². The van der Waals surface area contributed by atoms with Crippen LogP contribution in [-0.4, -0.2) is 28.7 Å². The van der Waals surface area contributed by atoms with Gasteiger partial charge in [0.15, 0.2) is 0 Å². The van der Waals surface area contributed by atoms with Crippen LogP contribution < -0.4 is 14.2 Å². The highest BCUT2D eigenvalue weighted by molar-refractivity contribution is 9.10. The van der Waals surface area contributed by atoms with Gasteiger partial charge in [-0.15, -0.1) is 0 Å². The Kier molecular flexibility index (Phi) is 6.26. The van der Waals surface area contributed by atoms with Crippen molar-refractivity contribution in [3.63, 3.8) is 0 Å². The van der Waals surface area contributed by atoms with Crippen molar-refractivity contribution < 1.29 is 17.9 Å². The molecule has 0 fully saturated rings. The second-order valence-electron chi connectivity index (χ2n) is 5.36. The van der Waals surface area contributed by atoms with Crippen LogP contribution in [0.25, 0.3) is 0 Å². The Hall–Kier alpha value is -1.57. The van der Waals surface area contributed by atoms with Gasteiger partial charge in [0.25, 0.3) is 0 Å². The number of ether oxygens (including phenoxy) is 2. The molecule has 0 heterocycles. The van der Waals surface area contributed by atoms with Crippen molar-refractivity contribution in [1.82, 2.24) is 4.72 Å². The summed E-state index contributed by atoms with van der Waals surface area (Å²) in [6, 6.07) is 10.7. The fourth-order valence-corrected chi connectivity index (χ4v) is 4.02. The Morgan fingerprint density at radius 3 is 2.38 bits per heavy atom. The van der Waals surface area contributed by atoms with Gasteiger partial charge in [0.2, 0.25) is 10.0 Å². The first kappa shape index (κ1) is 18.8. The average Bonchev–Trinajstić information content (AvgIpc) is 2.50. The molecule has 0 atom stereocenters. The van der Waals surface area contributed by atoms with Gasteiger partial charge >= 0.3 is 0 Å². The van der Waals surface area contributed by atoms with E-state index in [9.17, 15) is 8.42 Å². The molecule has 0 radical (unpaired) electrons. The number of sulfonamides is 1. The van der Waals surface area contributed by atoms with Crippen LogP contribution in [0.1, 0.15) is 11.1 Å². The molecule has 2 rings (SSSR count). The van der Waals surface area contributed by atoms with Crippen LogP contribution in [-0.2, 0) is 10.0 Å². The zero-order valence-electron chi connectivity index (χ0n) is 13.8. The number of nitrogens with one attached hydrogen (secondary N) is 1. The Bertz CT molecular complexity index is 801. The van der Waals surface area contributed by atoms with Crippen LogP contribution in [0.2, 0.25) is 0 Å². The molecule has 1 N–H and O–H groups in total. The van der Waals surface area contributed by atoms with Crippen LogP contribution in [0.3, 0.4) is 0 Å². The molecule has 130 valence electrons. The summed E-state index contributed by atoms with van der Waals surface area (Å²) in [6.07, 6.45) is 0. The summed E-state index contributed by atoms with van der Waals surface area (Å²) >= 11 is 3.27. The van der Waals surface area contributed by atoms with E-state index in [1.54, 1.807) is 12.1 Å². The largest absolute Gasteiger partial charge is 0.495 e. The van der Waals surface area contributed by atoms with Crippen LogP contribution >= 0.6 is 15.9 Å². The third-order valence-electron chi connectivity index (χ3n) is 3.27. The smallest absolute Gasteiger partial charge is 0.244 e. The van der Waals surface area contributed by atoms with Crippen molar-refractivity contribution in [1.29, 1.82) is 0 Å². The van der Waals surface area contributed by atoms with Gasteiger partial charge in [0.1, 0.15) is 23.0 Å². The number of rotatable bonds is 7. The maximum atomic E-state index is 12.4. The molecule has 24 heavy (non-hydrogen) atoms. The summed E-state index contributed by atoms with van der Waals surface area (Å²) < 4.78 is 38.7. The van der Waals surface area contributed by atoms with E-state index in [0.717, 1.165) is 16.9 Å². The van der Waals surface area contributed by atoms with Gasteiger partial charge < -0.3 is 9.47 Å². The van der Waals surface area contributed by atoms with Crippen molar-refractivity contribution in [3.8, 4) is 11.5 Å². The van der Waals surface area contributed by atoms with Gasteiger partial charge in [0, 0.05) is 11.0 Å². The highest BCUT2D eigenvalue weighted by atomic mass is 79.9. The van der Waals surface area contributed by atoms with Crippen molar-refractivity contribution in [2.75, 3.05) is 20.3 Å². The number of halogens is 1. The highest BCUT2D eigenvalue weighted by Gasteiger charge is 2.19. The first-order valence-corrected chi connectivity index (χ1v) is 9.64.